The summed E-state index contributed by atoms with van der Waals surface area (Å²) in [6.07, 6.45) is 2.21. The van der Waals surface area contributed by atoms with E-state index in [0.717, 1.165) is 18.4 Å². The van der Waals surface area contributed by atoms with Crippen LogP contribution in [0, 0.1) is 0 Å². The van der Waals surface area contributed by atoms with Gasteiger partial charge in [-0.1, -0.05) is 39.8 Å². The maximum atomic E-state index is 9.79. The van der Waals surface area contributed by atoms with Gasteiger partial charge in [0.05, 0.1) is 0 Å². The van der Waals surface area contributed by atoms with Gasteiger partial charge < -0.3 is 5.11 Å². The Morgan fingerprint density at radius 2 is 1.67 bits per heavy atom. The lowest BCUT2D eigenvalue weighted by atomic mass is 9.91. The third-order valence-electron chi connectivity index (χ3n) is 3.38. The fourth-order valence-electron chi connectivity index (χ4n) is 1.73. The maximum absolute atomic E-state index is 9.79. The molecular formula is C14H22O. The van der Waals surface area contributed by atoms with Crippen LogP contribution in [0.15, 0.2) is 18.2 Å². The van der Waals surface area contributed by atoms with E-state index in [2.05, 4.69) is 33.8 Å². The highest BCUT2D eigenvalue weighted by atomic mass is 16.3. The van der Waals surface area contributed by atoms with E-state index < -0.39 is 0 Å². The first kappa shape index (κ1) is 12.1. The van der Waals surface area contributed by atoms with E-state index in [1.54, 1.807) is 0 Å². The molecule has 0 aromatic heterocycles. The molecule has 1 heteroatoms. The van der Waals surface area contributed by atoms with Crippen LogP contribution in [0.1, 0.15) is 63.5 Å². The summed E-state index contributed by atoms with van der Waals surface area (Å²) in [6, 6.07) is 6.04. The quantitative estimate of drug-likeness (QED) is 0.773. The van der Waals surface area contributed by atoms with Crippen LogP contribution in [0.3, 0.4) is 0 Å². The topological polar surface area (TPSA) is 20.2 Å². The highest BCUT2D eigenvalue weighted by molar-refractivity contribution is 5.39. The molecule has 1 nitrogen and oxygen atoms in total. The van der Waals surface area contributed by atoms with Gasteiger partial charge in [0.15, 0.2) is 0 Å². The second-order valence-electron chi connectivity index (χ2n) is 4.44. The van der Waals surface area contributed by atoms with E-state index in [1.807, 2.05) is 12.1 Å². The van der Waals surface area contributed by atoms with Crippen LogP contribution in [0.5, 0.6) is 5.75 Å². The summed E-state index contributed by atoms with van der Waals surface area (Å²) in [5, 5.41) is 9.79. The molecule has 1 rings (SSSR count). The van der Waals surface area contributed by atoms with Gasteiger partial charge in [0.2, 0.25) is 0 Å². The van der Waals surface area contributed by atoms with Crippen LogP contribution in [-0.2, 0) is 0 Å². The van der Waals surface area contributed by atoms with Crippen molar-refractivity contribution in [1.82, 2.24) is 0 Å². The summed E-state index contributed by atoms with van der Waals surface area (Å²) in [5.74, 6) is 1.46. The molecule has 0 aliphatic rings. The number of aromatic hydroxyl groups is 1. The lowest BCUT2D eigenvalue weighted by Crippen LogP contribution is -1.97. The van der Waals surface area contributed by atoms with Crippen molar-refractivity contribution in [2.75, 3.05) is 0 Å². The molecule has 0 bridgehead atoms. The summed E-state index contributed by atoms with van der Waals surface area (Å²) in [6.45, 7) is 8.74. The first-order valence-corrected chi connectivity index (χ1v) is 5.92. The molecule has 1 N–H and O–H groups in total. The predicted molar refractivity (Wildman–Crippen MR) is 65.5 cm³/mol. The van der Waals surface area contributed by atoms with Gasteiger partial charge in [-0.15, -0.1) is 0 Å². The minimum absolute atomic E-state index is 0.439. The predicted octanol–water partition coefficient (Wildman–Crippen LogP) is 4.42. The Hall–Kier alpha value is -0.980. The summed E-state index contributed by atoms with van der Waals surface area (Å²) < 4.78 is 0. The SMILES string of the molecule is CC[C@H](C)c1ccc(O)c([C@@H](C)CC)c1. The summed E-state index contributed by atoms with van der Waals surface area (Å²) in [7, 11) is 0. The second kappa shape index (κ2) is 5.20. The van der Waals surface area contributed by atoms with E-state index in [1.165, 1.54) is 5.56 Å². The average molecular weight is 206 g/mol. The molecular weight excluding hydrogens is 184 g/mol. The van der Waals surface area contributed by atoms with Crippen molar-refractivity contribution < 1.29 is 5.11 Å². The molecule has 2 atom stereocenters. The van der Waals surface area contributed by atoms with E-state index in [-0.39, 0.29) is 0 Å². The molecule has 0 aliphatic carbocycles. The van der Waals surface area contributed by atoms with Crippen LogP contribution in [0.25, 0.3) is 0 Å². The molecule has 0 saturated carbocycles. The van der Waals surface area contributed by atoms with Gasteiger partial charge in [-0.3, -0.25) is 0 Å². The van der Waals surface area contributed by atoms with Crippen molar-refractivity contribution in [1.29, 1.82) is 0 Å². The molecule has 0 spiro atoms. The van der Waals surface area contributed by atoms with E-state index in [4.69, 9.17) is 0 Å². The molecule has 15 heavy (non-hydrogen) atoms. The number of phenolic OH excluding ortho intramolecular Hbond substituents is 1. The highest BCUT2D eigenvalue weighted by Crippen LogP contribution is 2.31. The second-order valence-corrected chi connectivity index (χ2v) is 4.44. The van der Waals surface area contributed by atoms with E-state index in [9.17, 15) is 5.11 Å². The Bertz CT molecular complexity index is 317. The molecule has 0 saturated heterocycles. The van der Waals surface area contributed by atoms with Crippen molar-refractivity contribution in [2.45, 2.75) is 52.4 Å². The van der Waals surface area contributed by atoms with Crippen LogP contribution in [0.2, 0.25) is 0 Å². The molecule has 0 aliphatic heterocycles. The van der Waals surface area contributed by atoms with E-state index >= 15 is 0 Å². The van der Waals surface area contributed by atoms with Crippen molar-refractivity contribution in [2.24, 2.45) is 0 Å². The zero-order valence-electron chi connectivity index (χ0n) is 10.2. The van der Waals surface area contributed by atoms with Crippen LogP contribution < -0.4 is 0 Å². The monoisotopic (exact) mass is 206 g/mol. The largest absolute Gasteiger partial charge is 0.508 e. The minimum atomic E-state index is 0.439. The van der Waals surface area contributed by atoms with Crippen molar-refractivity contribution in [3.05, 3.63) is 29.3 Å². The van der Waals surface area contributed by atoms with Crippen LogP contribution >= 0.6 is 0 Å². The Morgan fingerprint density at radius 1 is 1.07 bits per heavy atom. The molecule has 0 fully saturated rings. The van der Waals surface area contributed by atoms with Gasteiger partial charge in [-0.05, 0) is 41.9 Å². The number of phenols is 1. The zero-order valence-corrected chi connectivity index (χ0v) is 10.2. The summed E-state index contributed by atoms with van der Waals surface area (Å²) in [5.41, 5.74) is 2.43. The third-order valence-corrected chi connectivity index (χ3v) is 3.38. The number of hydrogen-bond acceptors (Lipinski definition) is 1. The standard InChI is InChI=1S/C14H22O/c1-5-10(3)12-7-8-14(15)13(9-12)11(4)6-2/h7-11,15H,5-6H2,1-4H3/t10-,11-/m0/s1. The third kappa shape index (κ3) is 2.74. The van der Waals surface area contributed by atoms with E-state index in [0.29, 0.717) is 17.6 Å². The zero-order chi connectivity index (χ0) is 11.4. The van der Waals surface area contributed by atoms with Crippen LogP contribution in [0.4, 0.5) is 0 Å². The Labute approximate surface area is 93.1 Å². The lowest BCUT2D eigenvalue weighted by molar-refractivity contribution is 0.461. The van der Waals surface area contributed by atoms with Gasteiger partial charge in [0.1, 0.15) is 5.75 Å². The van der Waals surface area contributed by atoms with Gasteiger partial charge >= 0.3 is 0 Å². The fourth-order valence-corrected chi connectivity index (χ4v) is 1.73. The molecule has 0 heterocycles. The molecule has 0 radical (unpaired) electrons. The Balaban J connectivity index is 3.05. The molecule has 0 unspecified atom stereocenters. The Kier molecular flexibility index (Phi) is 4.19. The molecule has 84 valence electrons. The number of benzene rings is 1. The highest BCUT2D eigenvalue weighted by Gasteiger charge is 2.11. The average Bonchev–Trinajstić information content (AvgIpc) is 2.27. The van der Waals surface area contributed by atoms with Gasteiger partial charge in [-0.25, -0.2) is 0 Å². The van der Waals surface area contributed by atoms with Gasteiger partial charge in [0, 0.05) is 0 Å². The van der Waals surface area contributed by atoms with Crippen molar-refractivity contribution in [3.63, 3.8) is 0 Å². The number of rotatable bonds is 4. The van der Waals surface area contributed by atoms with Crippen molar-refractivity contribution >= 4 is 0 Å². The number of hydrogen-bond donors (Lipinski definition) is 1. The first-order valence-electron chi connectivity index (χ1n) is 5.92. The first-order chi connectivity index (χ1) is 7.10. The maximum Gasteiger partial charge on any atom is 0.119 e. The molecule has 0 amide bonds. The Morgan fingerprint density at radius 3 is 2.20 bits per heavy atom. The molecule has 1 aromatic rings. The summed E-state index contributed by atoms with van der Waals surface area (Å²) >= 11 is 0. The fraction of sp³-hybridized carbons (Fsp3) is 0.571. The van der Waals surface area contributed by atoms with Crippen LogP contribution in [-0.4, -0.2) is 5.11 Å². The smallest absolute Gasteiger partial charge is 0.119 e. The van der Waals surface area contributed by atoms with Gasteiger partial charge in [0.25, 0.3) is 0 Å². The summed E-state index contributed by atoms with van der Waals surface area (Å²) in [4.78, 5) is 0. The molecule has 1 aromatic carbocycles. The van der Waals surface area contributed by atoms with Gasteiger partial charge in [-0.2, -0.15) is 0 Å². The lowest BCUT2D eigenvalue weighted by Gasteiger charge is -2.15. The minimum Gasteiger partial charge on any atom is -0.508 e. The normalized spacial score (nSPS) is 14.9. The van der Waals surface area contributed by atoms with Crippen molar-refractivity contribution in [3.8, 4) is 5.75 Å².